The fourth-order valence-corrected chi connectivity index (χ4v) is 2.42. The number of halogens is 1. The second-order valence-electron chi connectivity index (χ2n) is 4.53. The lowest BCUT2D eigenvalue weighted by Crippen LogP contribution is -2.19. The first kappa shape index (κ1) is 15.7. The summed E-state index contributed by atoms with van der Waals surface area (Å²) >= 11 is 3.17. The Kier molecular flexibility index (Phi) is 4.76. The number of rotatable bonds is 5. The normalized spacial score (nSPS) is 14.0. The molecule has 0 bridgehead atoms. The van der Waals surface area contributed by atoms with Crippen LogP contribution in [-0.4, -0.2) is 32.7 Å². The Balaban J connectivity index is 2.47. The van der Waals surface area contributed by atoms with Crippen molar-refractivity contribution in [2.24, 2.45) is 0 Å². The topological polar surface area (TPSA) is 108 Å². The van der Waals surface area contributed by atoms with E-state index in [2.05, 4.69) is 15.9 Å². The van der Waals surface area contributed by atoms with Gasteiger partial charge in [0.15, 0.2) is 5.43 Å². The van der Waals surface area contributed by atoms with Gasteiger partial charge >= 0.3 is 5.97 Å². The zero-order valence-corrected chi connectivity index (χ0v) is 12.4. The SMILES string of the molecule is O=C(O)c1cc(=O)c2cc(C(O)C(O)CCBr)ccc2o1. The third-order valence-corrected chi connectivity index (χ3v) is 3.53. The molecular weight excluding hydrogens is 344 g/mol. The van der Waals surface area contributed by atoms with Crippen LogP contribution in [0.4, 0.5) is 0 Å². The molecular formula is C14H13BrO6. The van der Waals surface area contributed by atoms with Crippen LogP contribution in [0.25, 0.3) is 11.0 Å². The van der Waals surface area contributed by atoms with Crippen LogP contribution in [0, 0.1) is 0 Å². The maximum absolute atomic E-state index is 11.9. The molecule has 2 atom stereocenters. The third kappa shape index (κ3) is 3.31. The molecule has 2 rings (SSSR count). The van der Waals surface area contributed by atoms with E-state index >= 15 is 0 Å². The average Bonchev–Trinajstić information content (AvgIpc) is 2.46. The minimum atomic E-state index is -1.33. The number of aliphatic hydroxyl groups excluding tert-OH is 2. The van der Waals surface area contributed by atoms with Crippen LogP contribution in [0.1, 0.15) is 28.6 Å². The van der Waals surface area contributed by atoms with Gasteiger partial charge in [-0.3, -0.25) is 4.79 Å². The van der Waals surface area contributed by atoms with E-state index in [0.29, 0.717) is 17.3 Å². The Morgan fingerprint density at radius 1 is 1.29 bits per heavy atom. The number of alkyl halides is 1. The maximum Gasteiger partial charge on any atom is 0.371 e. The van der Waals surface area contributed by atoms with Crippen molar-refractivity contribution in [3.63, 3.8) is 0 Å². The lowest BCUT2D eigenvalue weighted by molar-refractivity contribution is 0.0174. The standard InChI is InChI=1S/C14H13BrO6/c15-4-3-9(16)13(18)7-1-2-11-8(5-7)10(17)6-12(21-11)14(19)20/h1-2,5-6,9,13,16,18H,3-4H2,(H,19,20). The number of carbonyl (C=O) groups is 1. The van der Waals surface area contributed by atoms with Crippen molar-refractivity contribution in [1.82, 2.24) is 0 Å². The van der Waals surface area contributed by atoms with Gasteiger partial charge in [0, 0.05) is 11.4 Å². The fraction of sp³-hybridized carbons (Fsp3) is 0.286. The monoisotopic (exact) mass is 356 g/mol. The van der Waals surface area contributed by atoms with E-state index in [1.165, 1.54) is 18.2 Å². The van der Waals surface area contributed by atoms with Gasteiger partial charge in [-0.1, -0.05) is 22.0 Å². The van der Waals surface area contributed by atoms with E-state index in [1.807, 2.05) is 0 Å². The van der Waals surface area contributed by atoms with E-state index in [0.717, 1.165) is 6.07 Å². The molecule has 0 aliphatic carbocycles. The van der Waals surface area contributed by atoms with Crippen molar-refractivity contribution in [2.75, 3.05) is 5.33 Å². The summed E-state index contributed by atoms with van der Waals surface area (Å²) in [7, 11) is 0. The Bertz CT molecular complexity index is 723. The summed E-state index contributed by atoms with van der Waals surface area (Å²) in [6, 6.07) is 5.17. The molecule has 1 heterocycles. The van der Waals surface area contributed by atoms with E-state index in [4.69, 9.17) is 9.52 Å². The van der Waals surface area contributed by atoms with Crippen LogP contribution < -0.4 is 5.43 Å². The second kappa shape index (κ2) is 6.38. The average molecular weight is 357 g/mol. The number of aliphatic hydroxyl groups is 2. The number of hydrogen-bond acceptors (Lipinski definition) is 5. The minimum absolute atomic E-state index is 0.117. The number of carboxylic acids is 1. The smallest absolute Gasteiger partial charge is 0.371 e. The van der Waals surface area contributed by atoms with Gasteiger partial charge in [0.05, 0.1) is 11.5 Å². The molecule has 0 aliphatic rings. The highest BCUT2D eigenvalue weighted by molar-refractivity contribution is 9.09. The molecule has 0 saturated carbocycles. The lowest BCUT2D eigenvalue weighted by Gasteiger charge is -2.17. The zero-order valence-electron chi connectivity index (χ0n) is 10.8. The maximum atomic E-state index is 11.9. The Morgan fingerprint density at radius 3 is 2.62 bits per heavy atom. The molecule has 0 fully saturated rings. The molecule has 7 heteroatoms. The van der Waals surface area contributed by atoms with Crippen LogP contribution >= 0.6 is 15.9 Å². The van der Waals surface area contributed by atoms with Crippen molar-refractivity contribution < 1.29 is 24.5 Å². The van der Waals surface area contributed by atoms with Gasteiger partial charge in [0.25, 0.3) is 0 Å². The van der Waals surface area contributed by atoms with E-state index in [-0.39, 0.29) is 11.0 Å². The molecule has 3 N–H and O–H groups in total. The van der Waals surface area contributed by atoms with Crippen molar-refractivity contribution in [2.45, 2.75) is 18.6 Å². The highest BCUT2D eigenvalue weighted by atomic mass is 79.9. The van der Waals surface area contributed by atoms with Crippen molar-refractivity contribution in [3.05, 3.63) is 45.8 Å². The predicted octanol–water partition coefficient (Wildman–Crippen LogP) is 1.67. The molecule has 1 aromatic carbocycles. The molecule has 21 heavy (non-hydrogen) atoms. The number of carboxylic acid groups (broad SMARTS) is 1. The lowest BCUT2D eigenvalue weighted by atomic mass is 10.0. The minimum Gasteiger partial charge on any atom is -0.475 e. The molecule has 0 saturated heterocycles. The first-order valence-electron chi connectivity index (χ1n) is 6.17. The van der Waals surface area contributed by atoms with Gasteiger partial charge in [0.1, 0.15) is 11.7 Å². The number of hydrogen-bond donors (Lipinski definition) is 3. The highest BCUT2D eigenvalue weighted by Gasteiger charge is 2.19. The molecule has 112 valence electrons. The van der Waals surface area contributed by atoms with Crippen LogP contribution in [0.15, 0.2) is 33.5 Å². The summed E-state index contributed by atoms with van der Waals surface area (Å²) < 4.78 is 5.10. The quantitative estimate of drug-likeness (QED) is 0.703. The Hall–Kier alpha value is -1.70. The number of aromatic carboxylic acids is 1. The Labute approximate surface area is 127 Å². The first-order chi connectivity index (χ1) is 9.93. The summed E-state index contributed by atoms with van der Waals surface area (Å²) in [4.78, 5) is 22.7. The molecule has 0 aliphatic heterocycles. The Morgan fingerprint density at radius 2 is 2.00 bits per heavy atom. The second-order valence-corrected chi connectivity index (χ2v) is 5.32. The van der Waals surface area contributed by atoms with E-state index < -0.39 is 29.4 Å². The molecule has 6 nitrogen and oxygen atoms in total. The van der Waals surface area contributed by atoms with E-state index in [9.17, 15) is 19.8 Å². The molecule has 2 aromatic rings. The van der Waals surface area contributed by atoms with Gasteiger partial charge in [-0.2, -0.15) is 0 Å². The summed E-state index contributed by atoms with van der Waals surface area (Å²) in [5.41, 5.74) is -0.0326. The van der Waals surface area contributed by atoms with Gasteiger partial charge in [-0.15, -0.1) is 0 Å². The zero-order chi connectivity index (χ0) is 15.6. The summed E-state index contributed by atoms with van der Waals surface area (Å²) in [5.74, 6) is -1.77. The molecule has 0 amide bonds. The van der Waals surface area contributed by atoms with Crippen molar-refractivity contribution >= 4 is 32.9 Å². The summed E-state index contributed by atoms with van der Waals surface area (Å²) in [5, 5.41) is 29.3. The molecule has 1 aromatic heterocycles. The summed E-state index contributed by atoms with van der Waals surface area (Å²) in [6.45, 7) is 0. The van der Waals surface area contributed by atoms with Gasteiger partial charge in [-0.25, -0.2) is 4.79 Å². The fourth-order valence-electron chi connectivity index (χ4n) is 1.96. The van der Waals surface area contributed by atoms with Crippen LogP contribution in [-0.2, 0) is 0 Å². The van der Waals surface area contributed by atoms with Crippen molar-refractivity contribution in [3.8, 4) is 0 Å². The largest absolute Gasteiger partial charge is 0.475 e. The third-order valence-electron chi connectivity index (χ3n) is 3.07. The molecule has 0 radical (unpaired) electrons. The van der Waals surface area contributed by atoms with Crippen LogP contribution in [0.5, 0.6) is 0 Å². The van der Waals surface area contributed by atoms with Crippen LogP contribution in [0.2, 0.25) is 0 Å². The molecule has 0 spiro atoms. The number of fused-ring (bicyclic) bond motifs is 1. The van der Waals surface area contributed by atoms with Crippen LogP contribution in [0.3, 0.4) is 0 Å². The summed E-state index contributed by atoms with van der Waals surface area (Å²) in [6.07, 6.45) is -1.75. The number of benzene rings is 1. The first-order valence-corrected chi connectivity index (χ1v) is 7.29. The van der Waals surface area contributed by atoms with E-state index in [1.54, 1.807) is 0 Å². The van der Waals surface area contributed by atoms with Crippen molar-refractivity contribution in [1.29, 1.82) is 0 Å². The van der Waals surface area contributed by atoms with Gasteiger partial charge in [0.2, 0.25) is 5.76 Å². The molecule has 2 unspecified atom stereocenters. The van der Waals surface area contributed by atoms with Gasteiger partial charge in [-0.05, 0) is 24.1 Å². The highest BCUT2D eigenvalue weighted by Crippen LogP contribution is 2.23. The predicted molar refractivity (Wildman–Crippen MR) is 78.8 cm³/mol. The van der Waals surface area contributed by atoms with Gasteiger partial charge < -0.3 is 19.7 Å².